The summed E-state index contributed by atoms with van der Waals surface area (Å²) in [5.41, 5.74) is 15.2. The summed E-state index contributed by atoms with van der Waals surface area (Å²) >= 11 is 1.30. The van der Waals surface area contributed by atoms with Gasteiger partial charge in [-0.1, -0.05) is 30.3 Å². The highest BCUT2D eigenvalue weighted by atomic mass is 32.1. The Morgan fingerprint density at radius 2 is 1.79 bits per heavy atom. The Hall–Kier alpha value is -5.03. The van der Waals surface area contributed by atoms with Crippen LogP contribution >= 0.6 is 11.3 Å². The highest BCUT2D eigenvalue weighted by molar-refractivity contribution is 7.17. The molecule has 0 saturated carbocycles. The Balaban J connectivity index is 1.37. The molecule has 3 heterocycles. The Morgan fingerprint density at radius 3 is 2.56 bits per heavy atom. The Morgan fingerprint density at radius 1 is 0.974 bits per heavy atom. The fourth-order valence-electron chi connectivity index (χ4n) is 4.06. The summed E-state index contributed by atoms with van der Waals surface area (Å²) in [7, 11) is 0. The van der Waals surface area contributed by atoms with Crippen molar-refractivity contribution >= 4 is 57.3 Å². The first-order valence-electron chi connectivity index (χ1n) is 12.1. The van der Waals surface area contributed by atoms with Gasteiger partial charge in [0.1, 0.15) is 0 Å². The second-order valence-corrected chi connectivity index (χ2v) is 9.86. The van der Waals surface area contributed by atoms with Gasteiger partial charge in [-0.25, -0.2) is 4.98 Å². The van der Waals surface area contributed by atoms with Crippen LogP contribution in [0.3, 0.4) is 0 Å². The number of hydrogen-bond donors (Lipinski definition) is 4. The van der Waals surface area contributed by atoms with Crippen molar-refractivity contribution in [3.8, 4) is 10.4 Å². The maximum Gasteiger partial charge on any atom is 0.268 e. The van der Waals surface area contributed by atoms with Crippen molar-refractivity contribution in [3.63, 3.8) is 0 Å². The smallest absolute Gasteiger partial charge is 0.268 e. The number of imidazole rings is 1. The van der Waals surface area contributed by atoms with E-state index < -0.39 is 5.91 Å². The van der Waals surface area contributed by atoms with Gasteiger partial charge in [-0.15, -0.1) is 11.3 Å². The van der Waals surface area contributed by atoms with E-state index in [-0.39, 0.29) is 37.1 Å². The summed E-state index contributed by atoms with van der Waals surface area (Å²) in [4.78, 5) is 47.2. The number of pyridine rings is 1. The van der Waals surface area contributed by atoms with Crippen LogP contribution in [0.5, 0.6) is 0 Å². The summed E-state index contributed by atoms with van der Waals surface area (Å²) in [6.07, 6.45) is 3.32. The van der Waals surface area contributed by atoms with Crippen LogP contribution in [0, 0.1) is 0 Å². The molecule has 2 amide bonds. The fourth-order valence-corrected chi connectivity index (χ4v) is 4.94. The number of ketones is 1. The number of hydrogen-bond acceptors (Lipinski definition) is 8. The number of nitrogens with two attached hydrogens (primary N) is 2. The second-order valence-electron chi connectivity index (χ2n) is 8.77. The van der Waals surface area contributed by atoms with Crippen molar-refractivity contribution in [1.29, 1.82) is 0 Å². The minimum absolute atomic E-state index is 0.0417. The van der Waals surface area contributed by atoms with Crippen molar-refractivity contribution in [3.05, 3.63) is 89.6 Å². The van der Waals surface area contributed by atoms with Crippen LogP contribution in [-0.4, -0.2) is 38.7 Å². The first-order chi connectivity index (χ1) is 18.9. The standard InChI is InChI=1S/C28H25N7O3S/c29-19-12-18(14-31-15-19)24-8-9-25(39-24)27(38)34-28-33-21-13-20(6-7-22(21)35(28)11-10-26(30)37)32-16-23(36)17-4-2-1-3-5-17/h1-9,12-15,32H,10-11,16,29H2,(H2,30,37)(H,33,34,38). The summed E-state index contributed by atoms with van der Waals surface area (Å²) in [6, 6.07) is 19.8. The number of Topliss-reactive ketones (excluding diaryl/α,β-unsaturated/α-hetero) is 1. The zero-order valence-corrected chi connectivity index (χ0v) is 21.6. The molecular weight excluding hydrogens is 514 g/mol. The molecule has 0 aliphatic heterocycles. The number of anilines is 3. The number of fused-ring (bicyclic) bond motifs is 1. The van der Waals surface area contributed by atoms with Gasteiger partial charge >= 0.3 is 0 Å². The molecule has 0 bridgehead atoms. The number of benzene rings is 2. The third kappa shape index (κ3) is 5.94. The lowest BCUT2D eigenvalue weighted by Crippen LogP contribution is -2.18. The van der Waals surface area contributed by atoms with Gasteiger partial charge in [0.05, 0.1) is 28.1 Å². The predicted molar refractivity (Wildman–Crippen MR) is 153 cm³/mol. The van der Waals surface area contributed by atoms with Gasteiger partial charge in [0.2, 0.25) is 11.9 Å². The molecule has 2 aromatic carbocycles. The van der Waals surface area contributed by atoms with Crippen molar-refractivity contribution in [1.82, 2.24) is 14.5 Å². The quantitative estimate of drug-likeness (QED) is 0.194. The highest BCUT2D eigenvalue weighted by Gasteiger charge is 2.18. The molecule has 0 aliphatic carbocycles. The molecule has 39 heavy (non-hydrogen) atoms. The normalized spacial score (nSPS) is 10.9. The van der Waals surface area contributed by atoms with Crippen molar-refractivity contribution in [2.75, 3.05) is 22.9 Å². The summed E-state index contributed by atoms with van der Waals surface area (Å²) in [5, 5.41) is 5.99. The summed E-state index contributed by atoms with van der Waals surface area (Å²) < 4.78 is 1.74. The molecule has 5 aromatic rings. The number of thiophene rings is 1. The first-order valence-corrected chi connectivity index (χ1v) is 12.9. The number of nitrogens with one attached hydrogen (secondary N) is 2. The lowest BCUT2D eigenvalue weighted by Gasteiger charge is -2.09. The number of rotatable bonds is 10. The van der Waals surface area contributed by atoms with E-state index in [4.69, 9.17) is 11.5 Å². The van der Waals surface area contributed by atoms with E-state index in [1.54, 1.807) is 47.3 Å². The van der Waals surface area contributed by atoms with E-state index in [1.807, 2.05) is 36.4 Å². The lowest BCUT2D eigenvalue weighted by molar-refractivity contribution is -0.118. The second kappa shape index (κ2) is 11.2. The van der Waals surface area contributed by atoms with E-state index >= 15 is 0 Å². The molecule has 5 rings (SSSR count). The van der Waals surface area contributed by atoms with Crippen LogP contribution < -0.4 is 22.1 Å². The molecule has 3 aromatic heterocycles. The summed E-state index contributed by atoms with van der Waals surface area (Å²) in [5.74, 6) is -0.565. The number of carbonyl (C=O) groups is 3. The van der Waals surface area contributed by atoms with Crippen molar-refractivity contribution < 1.29 is 14.4 Å². The minimum atomic E-state index is -0.467. The van der Waals surface area contributed by atoms with Gasteiger partial charge in [0.25, 0.3) is 5.91 Å². The third-order valence-corrected chi connectivity index (χ3v) is 7.11. The maximum atomic E-state index is 13.1. The molecule has 0 saturated heterocycles. The Labute approximate surface area is 227 Å². The zero-order valence-electron chi connectivity index (χ0n) is 20.8. The highest BCUT2D eigenvalue weighted by Crippen LogP contribution is 2.30. The van der Waals surface area contributed by atoms with Crippen LogP contribution in [0.1, 0.15) is 26.5 Å². The van der Waals surface area contributed by atoms with Crippen LogP contribution in [0.15, 0.2) is 79.1 Å². The molecule has 11 heteroatoms. The van der Waals surface area contributed by atoms with E-state index in [2.05, 4.69) is 20.6 Å². The summed E-state index contributed by atoms with van der Waals surface area (Å²) in [6.45, 7) is 0.357. The monoisotopic (exact) mass is 539 g/mol. The number of primary amides is 1. The van der Waals surface area contributed by atoms with Gasteiger partial charge in [0.15, 0.2) is 5.78 Å². The van der Waals surface area contributed by atoms with Crippen LogP contribution in [0.25, 0.3) is 21.5 Å². The molecule has 196 valence electrons. The number of aryl methyl sites for hydroxylation is 1. The van der Waals surface area contributed by atoms with Crippen LogP contribution in [-0.2, 0) is 11.3 Å². The van der Waals surface area contributed by atoms with Crippen LogP contribution in [0.4, 0.5) is 17.3 Å². The third-order valence-electron chi connectivity index (χ3n) is 5.98. The van der Waals surface area contributed by atoms with E-state index in [1.165, 1.54) is 11.3 Å². The van der Waals surface area contributed by atoms with Gasteiger partial charge in [-0.05, 0) is 36.4 Å². The Kier molecular flexibility index (Phi) is 7.32. The average molecular weight is 540 g/mol. The number of amides is 2. The number of aromatic nitrogens is 3. The minimum Gasteiger partial charge on any atom is -0.397 e. The van der Waals surface area contributed by atoms with E-state index in [0.29, 0.717) is 32.8 Å². The molecular formula is C28H25N7O3S. The largest absolute Gasteiger partial charge is 0.397 e. The number of nitrogen functional groups attached to an aromatic ring is 1. The van der Waals surface area contributed by atoms with Crippen LogP contribution in [0.2, 0.25) is 0 Å². The van der Waals surface area contributed by atoms with E-state index in [9.17, 15) is 14.4 Å². The molecule has 10 nitrogen and oxygen atoms in total. The predicted octanol–water partition coefficient (Wildman–Crippen LogP) is 4.16. The molecule has 0 atom stereocenters. The molecule has 0 aliphatic rings. The maximum absolute atomic E-state index is 13.1. The van der Waals surface area contributed by atoms with Gasteiger partial charge in [0, 0.05) is 47.1 Å². The van der Waals surface area contributed by atoms with Gasteiger partial charge in [-0.3, -0.25) is 24.7 Å². The SMILES string of the molecule is NC(=O)CCn1c(NC(=O)c2ccc(-c3cncc(N)c3)s2)nc2cc(NCC(=O)c3ccccc3)ccc21. The average Bonchev–Trinajstić information content (AvgIpc) is 3.56. The molecule has 0 spiro atoms. The van der Waals surface area contributed by atoms with Gasteiger partial charge < -0.3 is 21.4 Å². The molecule has 0 radical (unpaired) electrons. The number of carbonyl (C=O) groups excluding carboxylic acids is 3. The van der Waals surface area contributed by atoms with Gasteiger partial charge in [-0.2, -0.15) is 0 Å². The lowest BCUT2D eigenvalue weighted by atomic mass is 10.1. The van der Waals surface area contributed by atoms with Crippen molar-refractivity contribution in [2.45, 2.75) is 13.0 Å². The topological polar surface area (TPSA) is 158 Å². The Bertz CT molecular complexity index is 1680. The fraction of sp³-hybridized carbons (Fsp3) is 0.107. The first kappa shape index (κ1) is 25.6. The van der Waals surface area contributed by atoms with E-state index in [0.717, 1.165) is 10.4 Å². The molecule has 0 fully saturated rings. The number of nitrogens with zero attached hydrogens (tertiary/aromatic N) is 3. The zero-order chi connectivity index (χ0) is 27.4. The molecule has 0 unspecified atom stereocenters. The van der Waals surface area contributed by atoms with Crippen molar-refractivity contribution in [2.24, 2.45) is 5.73 Å². The molecule has 6 N–H and O–H groups in total.